The van der Waals surface area contributed by atoms with E-state index in [1.165, 1.54) is 0 Å². The highest BCUT2D eigenvalue weighted by Crippen LogP contribution is 2.35. The molecule has 0 bridgehead atoms. The molecule has 0 aromatic heterocycles. The first-order valence-electron chi connectivity index (χ1n) is 12.6. The SMILES string of the molecule is CCOc1cc(/C=C2\SC(=O)N(CC(=O)Nc3cccc(C)c3C)C2=O)ccc1OCC(=O)N1CCOCC1. The summed E-state index contributed by atoms with van der Waals surface area (Å²) in [6.45, 7) is 7.57. The Balaban J connectivity index is 1.42. The third-order valence-electron chi connectivity index (χ3n) is 6.33. The number of ether oxygens (including phenoxy) is 3. The van der Waals surface area contributed by atoms with Crippen molar-refractivity contribution in [2.75, 3.05) is 51.4 Å². The van der Waals surface area contributed by atoms with Gasteiger partial charge in [0.25, 0.3) is 17.1 Å². The van der Waals surface area contributed by atoms with Crippen LogP contribution in [0.25, 0.3) is 6.08 Å². The van der Waals surface area contributed by atoms with Crippen LogP contribution in [0.1, 0.15) is 23.6 Å². The summed E-state index contributed by atoms with van der Waals surface area (Å²) in [5.41, 5.74) is 3.19. The van der Waals surface area contributed by atoms with E-state index >= 15 is 0 Å². The van der Waals surface area contributed by atoms with Crippen LogP contribution in [0.15, 0.2) is 41.3 Å². The Hall–Kier alpha value is -3.83. The average molecular weight is 554 g/mol. The quantitative estimate of drug-likeness (QED) is 0.469. The van der Waals surface area contributed by atoms with Crippen LogP contribution in [0.3, 0.4) is 0 Å². The molecule has 39 heavy (non-hydrogen) atoms. The van der Waals surface area contributed by atoms with E-state index in [1.54, 1.807) is 35.2 Å². The average Bonchev–Trinajstić information content (AvgIpc) is 3.18. The van der Waals surface area contributed by atoms with Gasteiger partial charge in [-0.1, -0.05) is 18.2 Å². The predicted molar refractivity (Wildman–Crippen MR) is 148 cm³/mol. The minimum Gasteiger partial charge on any atom is -0.490 e. The van der Waals surface area contributed by atoms with Crippen LogP contribution in [0.5, 0.6) is 11.5 Å². The van der Waals surface area contributed by atoms with E-state index in [9.17, 15) is 19.2 Å². The molecule has 206 valence electrons. The fourth-order valence-corrected chi connectivity index (χ4v) is 4.89. The molecule has 2 aromatic rings. The maximum absolute atomic E-state index is 13.0. The summed E-state index contributed by atoms with van der Waals surface area (Å²) in [5.74, 6) is -0.338. The van der Waals surface area contributed by atoms with Gasteiger partial charge in [-0.3, -0.25) is 24.1 Å². The molecule has 11 heteroatoms. The third kappa shape index (κ3) is 6.98. The molecule has 0 spiro atoms. The van der Waals surface area contributed by atoms with Gasteiger partial charge in [0.2, 0.25) is 5.91 Å². The van der Waals surface area contributed by atoms with Crippen molar-refractivity contribution in [2.24, 2.45) is 0 Å². The van der Waals surface area contributed by atoms with Crippen molar-refractivity contribution in [3.63, 3.8) is 0 Å². The van der Waals surface area contributed by atoms with Crippen molar-refractivity contribution in [3.05, 3.63) is 58.0 Å². The number of morpholine rings is 1. The number of benzene rings is 2. The molecule has 4 rings (SSSR count). The number of nitrogens with one attached hydrogen (secondary N) is 1. The lowest BCUT2D eigenvalue weighted by molar-refractivity contribution is -0.137. The Bertz CT molecular complexity index is 1300. The predicted octanol–water partition coefficient (Wildman–Crippen LogP) is 3.61. The monoisotopic (exact) mass is 553 g/mol. The van der Waals surface area contributed by atoms with Crippen molar-refractivity contribution >= 4 is 46.5 Å². The summed E-state index contributed by atoms with van der Waals surface area (Å²) in [7, 11) is 0. The van der Waals surface area contributed by atoms with Gasteiger partial charge in [-0.15, -0.1) is 0 Å². The summed E-state index contributed by atoms with van der Waals surface area (Å²) >= 11 is 0.770. The zero-order valence-electron chi connectivity index (χ0n) is 22.2. The van der Waals surface area contributed by atoms with Gasteiger partial charge in [0.15, 0.2) is 18.1 Å². The summed E-state index contributed by atoms with van der Waals surface area (Å²) in [5, 5.41) is 2.26. The lowest BCUT2D eigenvalue weighted by Gasteiger charge is -2.26. The Morgan fingerprint density at radius 2 is 1.85 bits per heavy atom. The second-order valence-electron chi connectivity index (χ2n) is 8.98. The molecular weight excluding hydrogens is 522 g/mol. The van der Waals surface area contributed by atoms with E-state index in [-0.39, 0.29) is 24.0 Å². The third-order valence-corrected chi connectivity index (χ3v) is 7.24. The van der Waals surface area contributed by atoms with Crippen LogP contribution >= 0.6 is 11.8 Å². The summed E-state index contributed by atoms with van der Waals surface area (Å²) in [4.78, 5) is 53.4. The minimum absolute atomic E-state index is 0.136. The van der Waals surface area contributed by atoms with Gasteiger partial charge in [0.05, 0.1) is 24.7 Å². The normalized spacial score (nSPS) is 16.5. The van der Waals surface area contributed by atoms with Gasteiger partial charge in [0.1, 0.15) is 6.54 Å². The number of anilines is 1. The molecule has 2 aromatic carbocycles. The van der Waals surface area contributed by atoms with Gasteiger partial charge >= 0.3 is 0 Å². The van der Waals surface area contributed by atoms with Gasteiger partial charge < -0.3 is 24.4 Å². The van der Waals surface area contributed by atoms with Gasteiger partial charge in [-0.05, 0) is 73.5 Å². The van der Waals surface area contributed by atoms with E-state index in [1.807, 2.05) is 32.9 Å². The standard InChI is InChI=1S/C28H31N3O7S/c1-4-37-23-14-20(8-9-22(23)38-17-26(33)30-10-12-36-13-11-30)15-24-27(34)31(28(35)39-24)16-25(32)29-21-7-5-6-18(2)19(21)3/h5-9,14-15H,4,10-13,16-17H2,1-3H3,(H,29,32)/b24-15-. The van der Waals surface area contributed by atoms with Crippen molar-refractivity contribution in [2.45, 2.75) is 20.8 Å². The fraction of sp³-hybridized carbons (Fsp3) is 0.357. The zero-order valence-corrected chi connectivity index (χ0v) is 23.0. The first-order chi connectivity index (χ1) is 18.8. The molecule has 2 aliphatic heterocycles. The van der Waals surface area contributed by atoms with Crippen LogP contribution in [0.2, 0.25) is 0 Å². The highest BCUT2D eigenvalue weighted by Gasteiger charge is 2.36. The summed E-state index contributed by atoms with van der Waals surface area (Å²) in [6, 6.07) is 10.6. The Morgan fingerprint density at radius 1 is 1.08 bits per heavy atom. The molecule has 2 aliphatic rings. The topological polar surface area (TPSA) is 114 Å². The van der Waals surface area contributed by atoms with Gasteiger partial charge in [-0.2, -0.15) is 0 Å². The van der Waals surface area contributed by atoms with Crippen molar-refractivity contribution in [1.29, 1.82) is 0 Å². The van der Waals surface area contributed by atoms with Crippen LogP contribution in [0.4, 0.5) is 10.5 Å². The molecule has 1 N–H and O–H groups in total. The summed E-state index contributed by atoms with van der Waals surface area (Å²) < 4.78 is 16.7. The fourth-order valence-electron chi connectivity index (χ4n) is 4.05. The Kier molecular flexibility index (Phi) is 9.26. The summed E-state index contributed by atoms with van der Waals surface area (Å²) in [6.07, 6.45) is 1.57. The van der Waals surface area contributed by atoms with Crippen molar-refractivity contribution in [1.82, 2.24) is 9.80 Å². The molecule has 0 unspecified atom stereocenters. The highest BCUT2D eigenvalue weighted by molar-refractivity contribution is 8.18. The first-order valence-corrected chi connectivity index (χ1v) is 13.4. The number of thioether (sulfide) groups is 1. The zero-order chi connectivity index (χ0) is 27.9. The number of carbonyl (C=O) groups is 4. The maximum Gasteiger partial charge on any atom is 0.294 e. The molecule has 0 aliphatic carbocycles. The number of nitrogens with zero attached hydrogens (tertiary/aromatic N) is 2. The van der Waals surface area contributed by atoms with Crippen LogP contribution in [-0.2, 0) is 19.1 Å². The molecule has 2 saturated heterocycles. The van der Waals surface area contributed by atoms with Crippen molar-refractivity contribution in [3.8, 4) is 11.5 Å². The van der Waals surface area contributed by atoms with E-state index in [0.717, 1.165) is 27.8 Å². The molecule has 10 nitrogen and oxygen atoms in total. The van der Waals surface area contributed by atoms with E-state index in [4.69, 9.17) is 14.2 Å². The number of imide groups is 1. The van der Waals surface area contributed by atoms with Crippen LogP contribution in [-0.4, -0.2) is 78.8 Å². The molecule has 0 radical (unpaired) electrons. The molecule has 4 amide bonds. The van der Waals surface area contributed by atoms with E-state index in [2.05, 4.69) is 5.32 Å². The second kappa shape index (κ2) is 12.8. The second-order valence-corrected chi connectivity index (χ2v) is 9.98. The lowest BCUT2D eigenvalue weighted by Crippen LogP contribution is -2.43. The van der Waals surface area contributed by atoms with Crippen molar-refractivity contribution < 1.29 is 33.4 Å². The maximum atomic E-state index is 13.0. The lowest BCUT2D eigenvalue weighted by atomic mass is 10.1. The van der Waals surface area contributed by atoms with Crippen LogP contribution < -0.4 is 14.8 Å². The first kappa shape index (κ1) is 28.2. The van der Waals surface area contributed by atoms with Gasteiger partial charge in [-0.25, -0.2) is 0 Å². The smallest absolute Gasteiger partial charge is 0.294 e. The van der Waals surface area contributed by atoms with E-state index < -0.39 is 17.1 Å². The molecule has 0 atom stereocenters. The number of carbonyl (C=O) groups excluding carboxylic acids is 4. The minimum atomic E-state index is -0.546. The van der Waals surface area contributed by atoms with Crippen LogP contribution in [0, 0.1) is 13.8 Å². The number of hydrogen-bond donors (Lipinski definition) is 1. The molecule has 2 heterocycles. The molecule has 2 fully saturated rings. The number of amides is 4. The largest absolute Gasteiger partial charge is 0.490 e. The number of aryl methyl sites for hydroxylation is 1. The number of rotatable bonds is 9. The van der Waals surface area contributed by atoms with Gasteiger partial charge in [0, 0.05) is 18.8 Å². The Labute approximate surface area is 231 Å². The molecule has 0 saturated carbocycles. The molecular formula is C28H31N3O7S. The van der Waals surface area contributed by atoms with E-state index in [0.29, 0.717) is 55.7 Å². The highest BCUT2D eigenvalue weighted by atomic mass is 32.2. The number of hydrogen-bond acceptors (Lipinski definition) is 8. The Morgan fingerprint density at radius 3 is 2.59 bits per heavy atom.